The summed E-state index contributed by atoms with van der Waals surface area (Å²) in [5, 5.41) is 2.92. The predicted octanol–water partition coefficient (Wildman–Crippen LogP) is 3.35. The molecule has 4 nitrogen and oxygen atoms in total. The first-order chi connectivity index (χ1) is 12.2. The number of rotatable bonds is 9. The zero-order valence-electron chi connectivity index (χ0n) is 14.9. The molecule has 0 aliphatic carbocycles. The number of amides is 1. The van der Waals surface area contributed by atoms with Crippen LogP contribution in [0, 0.1) is 0 Å². The molecule has 4 heteroatoms. The summed E-state index contributed by atoms with van der Waals surface area (Å²) in [7, 11) is 3.73. The number of ether oxygens (including phenoxy) is 1. The quantitative estimate of drug-likeness (QED) is 0.563. The average Bonchev–Trinajstić information content (AvgIpc) is 2.65. The van der Waals surface area contributed by atoms with E-state index in [0.29, 0.717) is 6.54 Å². The molecule has 132 valence electrons. The van der Waals surface area contributed by atoms with Crippen LogP contribution in [0.4, 0.5) is 0 Å². The molecule has 1 N–H and O–H groups in total. The normalized spacial score (nSPS) is 11.0. The summed E-state index contributed by atoms with van der Waals surface area (Å²) in [4.78, 5) is 14.1. The maximum absolute atomic E-state index is 11.8. The van der Waals surface area contributed by atoms with Crippen molar-refractivity contribution in [2.24, 2.45) is 0 Å². The number of methoxy groups -OCH3 is 1. The van der Waals surface area contributed by atoms with Crippen LogP contribution in [0.25, 0.3) is 6.08 Å². The van der Waals surface area contributed by atoms with E-state index in [1.54, 1.807) is 19.3 Å². The lowest BCUT2D eigenvalue weighted by molar-refractivity contribution is -0.116. The number of nitrogens with zero attached hydrogens (tertiary/aromatic N) is 1. The zero-order chi connectivity index (χ0) is 17.9. The van der Waals surface area contributed by atoms with Gasteiger partial charge in [0.05, 0.1) is 7.11 Å². The van der Waals surface area contributed by atoms with E-state index < -0.39 is 0 Å². The van der Waals surface area contributed by atoms with Crippen LogP contribution in [0.15, 0.2) is 60.7 Å². The maximum atomic E-state index is 11.8. The van der Waals surface area contributed by atoms with Crippen LogP contribution in [0.2, 0.25) is 0 Å². The van der Waals surface area contributed by atoms with Gasteiger partial charge in [-0.05, 0) is 49.3 Å². The molecule has 0 unspecified atom stereocenters. The Bertz CT molecular complexity index is 666. The molecule has 0 atom stereocenters. The van der Waals surface area contributed by atoms with Crippen LogP contribution < -0.4 is 10.1 Å². The number of carbonyl (C=O) groups is 1. The van der Waals surface area contributed by atoms with E-state index in [1.165, 1.54) is 5.56 Å². The van der Waals surface area contributed by atoms with Crippen LogP contribution >= 0.6 is 0 Å². The van der Waals surface area contributed by atoms with E-state index in [-0.39, 0.29) is 5.91 Å². The van der Waals surface area contributed by atoms with Gasteiger partial charge >= 0.3 is 0 Å². The van der Waals surface area contributed by atoms with Crippen LogP contribution in [-0.4, -0.2) is 38.1 Å². The third-order valence-electron chi connectivity index (χ3n) is 3.85. The SMILES string of the molecule is COc1ccc(C=CC(=O)NCCCN(C)Cc2ccccc2)cc1. The van der Waals surface area contributed by atoms with Gasteiger partial charge in [-0.15, -0.1) is 0 Å². The number of hydrogen-bond donors (Lipinski definition) is 1. The lowest BCUT2D eigenvalue weighted by Gasteiger charge is -2.16. The third kappa shape index (κ3) is 7.23. The second kappa shape index (κ2) is 10.3. The molecule has 0 aliphatic rings. The van der Waals surface area contributed by atoms with E-state index in [9.17, 15) is 4.79 Å². The number of carbonyl (C=O) groups excluding carboxylic acids is 1. The molecule has 0 heterocycles. The number of hydrogen-bond acceptors (Lipinski definition) is 3. The Hall–Kier alpha value is -2.59. The van der Waals surface area contributed by atoms with E-state index >= 15 is 0 Å². The van der Waals surface area contributed by atoms with Gasteiger partial charge in [0.25, 0.3) is 0 Å². The first-order valence-corrected chi connectivity index (χ1v) is 8.50. The molecular weight excluding hydrogens is 312 g/mol. The van der Waals surface area contributed by atoms with Gasteiger partial charge in [0.2, 0.25) is 5.91 Å². The van der Waals surface area contributed by atoms with Crippen molar-refractivity contribution in [3.63, 3.8) is 0 Å². The minimum absolute atomic E-state index is 0.0680. The zero-order valence-corrected chi connectivity index (χ0v) is 14.9. The van der Waals surface area contributed by atoms with E-state index in [0.717, 1.165) is 30.8 Å². The fourth-order valence-corrected chi connectivity index (χ4v) is 2.48. The van der Waals surface area contributed by atoms with Gasteiger partial charge in [-0.25, -0.2) is 0 Å². The molecule has 25 heavy (non-hydrogen) atoms. The van der Waals surface area contributed by atoms with Crippen molar-refractivity contribution >= 4 is 12.0 Å². The van der Waals surface area contributed by atoms with Crippen molar-refractivity contribution in [3.05, 3.63) is 71.8 Å². The van der Waals surface area contributed by atoms with Crippen molar-refractivity contribution in [2.45, 2.75) is 13.0 Å². The predicted molar refractivity (Wildman–Crippen MR) is 102 cm³/mol. The first kappa shape index (κ1) is 18.7. The highest BCUT2D eigenvalue weighted by Gasteiger charge is 2.01. The van der Waals surface area contributed by atoms with E-state index in [4.69, 9.17) is 4.74 Å². The number of nitrogens with one attached hydrogen (secondary N) is 1. The van der Waals surface area contributed by atoms with Crippen molar-refractivity contribution in [1.29, 1.82) is 0 Å². The van der Waals surface area contributed by atoms with Crippen LogP contribution in [0.1, 0.15) is 17.5 Å². The van der Waals surface area contributed by atoms with E-state index in [1.807, 2.05) is 30.3 Å². The molecule has 0 aliphatic heterocycles. The summed E-state index contributed by atoms with van der Waals surface area (Å²) >= 11 is 0. The van der Waals surface area contributed by atoms with Crippen LogP contribution in [0.5, 0.6) is 5.75 Å². The van der Waals surface area contributed by atoms with Crippen LogP contribution in [0.3, 0.4) is 0 Å². The van der Waals surface area contributed by atoms with Crippen molar-refractivity contribution in [3.8, 4) is 5.75 Å². The topological polar surface area (TPSA) is 41.6 Å². The van der Waals surface area contributed by atoms with Gasteiger partial charge in [-0.2, -0.15) is 0 Å². The Kier molecular flexibility index (Phi) is 7.73. The molecule has 2 rings (SSSR count). The second-order valence-corrected chi connectivity index (χ2v) is 5.97. The maximum Gasteiger partial charge on any atom is 0.243 e. The Morgan fingerprint density at radius 1 is 1.12 bits per heavy atom. The molecule has 0 aromatic heterocycles. The van der Waals surface area contributed by atoms with Gasteiger partial charge in [-0.3, -0.25) is 4.79 Å². The highest BCUT2D eigenvalue weighted by Crippen LogP contribution is 2.12. The molecule has 0 fully saturated rings. The number of benzene rings is 2. The molecule has 1 amide bonds. The molecule has 0 spiro atoms. The second-order valence-electron chi connectivity index (χ2n) is 5.97. The summed E-state index contributed by atoms with van der Waals surface area (Å²) < 4.78 is 5.11. The summed E-state index contributed by atoms with van der Waals surface area (Å²) in [6.45, 7) is 2.54. The first-order valence-electron chi connectivity index (χ1n) is 8.50. The standard InChI is InChI=1S/C21H26N2O2/c1-23(17-19-7-4-3-5-8-19)16-6-15-22-21(24)14-11-18-9-12-20(25-2)13-10-18/h3-5,7-14H,6,15-17H2,1-2H3,(H,22,24). The van der Waals surface area contributed by atoms with Gasteiger partial charge in [0.1, 0.15) is 5.75 Å². The summed E-state index contributed by atoms with van der Waals surface area (Å²) in [5.41, 5.74) is 2.27. The minimum atomic E-state index is -0.0680. The summed E-state index contributed by atoms with van der Waals surface area (Å²) in [5.74, 6) is 0.739. The van der Waals surface area contributed by atoms with Gasteiger partial charge in [0.15, 0.2) is 0 Å². The Morgan fingerprint density at radius 3 is 2.52 bits per heavy atom. The molecule has 2 aromatic carbocycles. The smallest absolute Gasteiger partial charge is 0.243 e. The Morgan fingerprint density at radius 2 is 1.84 bits per heavy atom. The monoisotopic (exact) mass is 338 g/mol. The van der Waals surface area contributed by atoms with Gasteiger partial charge in [-0.1, -0.05) is 42.5 Å². The molecule has 2 aromatic rings. The van der Waals surface area contributed by atoms with Crippen LogP contribution in [-0.2, 0) is 11.3 Å². The minimum Gasteiger partial charge on any atom is -0.497 e. The van der Waals surface area contributed by atoms with Gasteiger partial charge in [0, 0.05) is 19.2 Å². The summed E-state index contributed by atoms with van der Waals surface area (Å²) in [6, 6.07) is 18.0. The fraction of sp³-hybridized carbons (Fsp3) is 0.286. The Labute approximate surface area is 150 Å². The molecule has 0 saturated carbocycles. The molecule has 0 radical (unpaired) electrons. The highest BCUT2D eigenvalue weighted by molar-refractivity contribution is 5.91. The molecule has 0 saturated heterocycles. The summed E-state index contributed by atoms with van der Waals surface area (Å²) in [6.07, 6.45) is 4.29. The molecular formula is C21H26N2O2. The highest BCUT2D eigenvalue weighted by atomic mass is 16.5. The van der Waals surface area contributed by atoms with E-state index in [2.05, 4.69) is 41.5 Å². The molecule has 0 bridgehead atoms. The van der Waals surface area contributed by atoms with Gasteiger partial charge < -0.3 is 15.0 Å². The average molecular weight is 338 g/mol. The fourth-order valence-electron chi connectivity index (χ4n) is 2.48. The Balaban J connectivity index is 1.63. The lowest BCUT2D eigenvalue weighted by Crippen LogP contribution is -2.26. The largest absolute Gasteiger partial charge is 0.497 e. The third-order valence-corrected chi connectivity index (χ3v) is 3.85. The van der Waals surface area contributed by atoms with Crippen molar-refractivity contribution in [1.82, 2.24) is 10.2 Å². The van der Waals surface area contributed by atoms with Crippen molar-refractivity contribution in [2.75, 3.05) is 27.2 Å². The van der Waals surface area contributed by atoms with Crippen molar-refractivity contribution < 1.29 is 9.53 Å². The lowest BCUT2D eigenvalue weighted by atomic mass is 10.2.